The fourth-order valence-electron chi connectivity index (χ4n) is 1.24. The van der Waals surface area contributed by atoms with E-state index in [0.29, 0.717) is 0 Å². The third kappa shape index (κ3) is 12.2. The van der Waals surface area contributed by atoms with Crippen molar-refractivity contribution in [1.29, 1.82) is 0 Å². The van der Waals surface area contributed by atoms with Crippen molar-refractivity contribution in [3.63, 3.8) is 0 Å². The Bertz CT molecular complexity index is 122. The minimum Gasteiger partial charge on any atom is -0.382 e. The first-order valence-corrected chi connectivity index (χ1v) is 7.26. The number of rotatable bonds is 11. The molecule has 0 saturated carbocycles. The predicted molar refractivity (Wildman–Crippen MR) is 70.8 cm³/mol. The lowest BCUT2D eigenvalue weighted by Crippen LogP contribution is -2.24. The molecule has 0 aromatic rings. The van der Waals surface area contributed by atoms with Gasteiger partial charge in [-0.1, -0.05) is 20.3 Å². The summed E-state index contributed by atoms with van der Waals surface area (Å²) in [5.41, 5.74) is 0. The summed E-state index contributed by atoms with van der Waals surface area (Å²) >= 11 is 2.08. The van der Waals surface area contributed by atoms with E-state index in [1.54, 1.807) is 0 Å². The van der Waals surface area contributed by atoms with Gasteiger partial charge in [-0.05, 0) is 32.1 Å². The van der Waals surface area contributed by atoms with Crippen LogP contribution in [0.3, 0.4) is 0 Å². The fourth-order valence-corrected chi connectivity index (χ4v) is 2.33. The van der Waals surface area contributed by atoms with Gasteiger partial charge in [-0.3, -0.25) is 0 Å². The Labute approximate surface area is 99.5 Å². The molecule has 0 heterocycles. The van der Waals surface area contributed by atoms with Crippen molar-refractivity contribution in [2.45, 2.75) is 45.3 Å². The van der Waals surface area contributed by atoms with Gasteiger partial charge in [0.05, 0.1) is 0 Å². The van der Waals surface area contributed by atoms with Crippen molar-refractivity contribution < 1.29 is 4.74 Å². The molecule has 0 rings (SSSR count). The van der Waals surface area contributed by atoms with E-state index in [2.05, 4.69) is 30.9 Å². The number of hydrogen-bond donors (Lipinski definition) is 1. The van der Waals surface area contributed by atoms with Crippen LogP contribution >= 0.6 is 11.8 Å². The molecule has 0 aliphatic rings. The highest BCUT2D eigenvalue weighted by atomic mass is 32.2. The Morgan fingerprint density at radius 1 is 1.27 bits per heavy atom. The molecule has 0 radical (unpaired) electrons. The third-order valence-electron chi connectivity index (χ3n) is 2.18. The first-order chi connectivity index (χ1) is 7.31. The zero-order valence-corrected chi connectivity index (χ0v) is 11.4. The smallest absolute Gasteiger partial charge is 0.0477 e. The second-order valence-electron chi connectivity index (χ2n) is 3.79. The first-order valence-electron chi connectivity index (χ1n) is 6.21. The van der Waals surface area contributed by atoms with E-state index >= 15 is 0 Å². The van der Waals surface area contributed by atoms with Crippen molar-refractivity contribution in [3.05, 3.63) is 0 Å². The van der Waals surface area contributed by atoms with Crippen LogP contribution in [0.15, 0.2) is 0 Å². The predicted octanol–water partition coefficient (Wildman–Crippen LogP) is 2.92. The molecule has 0 saturated heterocycles. The summed E-state index contributed by atoms with van der Waals surface area (Å²) in [6.07, 6.45) is 3.78. The molecule has 1 atom stereocenters. The van der Waals surface area contributed by atoms with E-state index in [1.807, 2.05) is 6.92 Å². The SMILES string of the molecule is CCCCSC(C)CNCCCOCC. The summed E-state index contributed by atoms with van der Waals surface area (Å²) in [6, 6.07) is 0. The number of unbranched alkanes of at least 4 members (excludes halogenated alkanes) is 1. The van der Waals surface area contributed by atoms with Crippen LogP contribution in [0.1, 0.15) is 40.0 Å². The molecule has 0 aromatic carbocycles. The van der Waals surface area contributed by atoms with Crippen LogP contribution in [-0.4, -0.2) is 37.3 Å². The molecule has 0 aliphatic carbocycles. The number of nitrogens with one attached hydrogen (secondary N) is 1. The van der Waals surface area contributed by atoms with Crippen LogP contribution in [-0.2, 0) is 4.74 Å². The Balaban J connectivity index is 3.06. The van der Waals surface area contributed by atoms with Gasteiger partial charge in [0.25, 0.3) is 0 Å². The van der Waals surface area contributed by atoms with Gasteiger partial charge in [-0.2, -0.15) is 11.8 Å². The molecule has 0 spiro atoms. The highest BCUT2D eigenvalue weighted by Gasteiger charge is 2.00. The summed E-state index contributed by atoms with van der Waals surface area (Å²) in [5, 5.41) is 4.21. The summed E-state index contributed by atoms with van der Waals surface area (Å²) in [6.45, 7) is 10.5. The summed E-state index contributed by atoms with van der Waals surface area (Å²) in [7, 11) is 0. The maximum atomic E-state index is 5.27. The lowest BCUT2D eigenvalue weighted by atomic mass is 10.4. The van der Waals surface area contributed by atoms with Gasteiger partial charge in [0.2, 0.25) is 0 Å². The quantitative estimate of drug-likeness (QED) is 0.554. The average Bonchev–Trinajstić information content (AvgIpc) is 2.23. The number of ether oxygens (including phenoxy) is 1. The van der Waals surface area contributed by atoms with Gasteiger partial charge in [-0.15, -0.1) is 0 Å². The second kappa shape index (κ2) is 12.3. The molecule has 0 fully saturated rings. The molecule has 1 N–H and O–H groups in total. The number of hydrogen-bond acceptors (Lipinski definition) is 3. The van der Waals surface area contributed by atoms with Crippen molar-refractivity contribution in [3.8, 4) is 0 Å². The molecule has 2 nitrogen and oxygen atoms in total. The average molecular weight is 233 g/mol. The maximum Gasteiger partial charge on any atom is 0.0477 e. The molecule has 1 unspecified atom stereocenters. The van der Waals surface area contributed by atoms with E-state index in [4.69, 9.17) is 4.74 Å². The van der Waals surface area contributed by atoms with Crippen LogP contribution in [0, 0.1) is 0 Å². The summed E-state index contributed by atoms with van der Waals surface area (Å²) < 4.78 is 5.27. The monoisotopic (exact) mass is 233 g/mol. The highest BCUT2D eigenvalue weighted by Crippen LogP contribution is 2.11. The van der Waals surface area contributed by atoms with E-state index in [1.165, 1.54) is 18.6 Å². The largest absolute Gasteiger partial charge is 0.382 e. The minimum absolute atomic E-state index is 0.739. The van der Waals surface area contributed by atoms with E-state index in [-0.39, 0.29) is 0 Å². The first kappa shape index (κ1) is 15.3. The molecule has 0 amide bonds. The topological polar surface area (TPSA) is 21.3 Å². The van der Waals surface area contributed by atoms with Gasteiger partial charge in [-0.25, -0.2) is 0 Å². The van der Waals surface area contributed by atoms with Crippen LogP contribution in [0.2, 0.25) is 0 Å². The van der Waals surface area contributed by atoms with Gasteiger partial charge in [0.15, 0.2) is 0 Å². The second-order valence-corrected chi connectivity index (χ2v) is 5.34. The van der Waals surface area contributed by atoms with Crippen LogP contribution in [0.25, 0.3) is 0 Å². The molecular formula is C12H27NOS. The lowest BCUT2D eigenvalue weighted by Gasteiger charge is -2.11. The van der Waals surface area contributed by atoms with Crippen LogP contribution in [0.5, 0.6) is 0 Å². The molecule has 0 bridgehead atoms. The van der Waals surface area contributed by atoms with Crippen LogP contribution in [0.4, 0.5) is 0 Å². The Kier molecular flexibility index (Phi) is 12.6. The molecule has 3 heteroatoms. The number of thioether (sulfide) groups is 1. The third-order valence-corrected chi connectivity index (χ3v) is 3.44. The van der Waals surface area contributed by atoms with Crippen molar-refractivity contribution >= 4 is 11.8 Å². The molecule has 0 aliphatic heterocycles. The van der Waals surface area contributed by atoms with Crippen molar-refractivity contribution in [2.24, 2.45) is 0 Å². The van der Waals surface area contributed by atoms with Gasteiger partial charge in [0.1, 0.15) is 0 Å². The standard InChI is InChI=1S/C12H27NOS/c1-4-6-10-15-12(3)11-13-8-7-9-14-5-2/h12-13H,4-11H2,1-3H3. The van der Waals surface area contributed by atoms with E-state index in [9.17, 15) is 0 Å². The van der Waals surface area contributed by atoms with Crippen molar-refractivity contribution in [2.75, 3.05) is 32.1 Å². The highest BCUT2D eigenvalue weighted by molar-refractivity contribution is 7.99. The molecular weight excluding hydrogens is 206 g/mol. The minimum atomic E-state index is 0.739. The summed E-state index contributed by atoms with van der Waals surface area (Å²) in [5.74, 6) is 1.30. The van der Waals surface area contributed by atoms with Crippen LogP contribution < -0.4 is 5.32 Å². The molecule has 92 valence electrons. The molecule has 0 aromatic heterocycles. The van der Waals surface area contributed by atoms with E-state index in [0.717, 1.165) is 38.0 Å². The van der Waals surface area contributed by atoms with Gasteiger partial charge in [0, 0.05) is 25.0 Å². The zero-order chi connectivity index (χ0) is 11.4. The Hall–Kier alpha value is 0.270. The van der Waals surface area contributed by atoms with Gasteiger partial charge < -0.3 is 10.1 Å². The maximum absolute atomic E-state index is 5.27. The molecule has 15 heavy (non-hydrogen) atoms. The summed E-state index contributed by atoms with van der Waals surface area (Å²) in [4.78, 5) is 0. The normalized spacial score (nSPS) is 13.0. The van der Waals surface area contributed by atoms with E-state index < -0.39 is 0 Å². The zero-order valence-electron chi connectivity index (χ0n) is 10.6. The Morgan fingerprint density at radius 2 is 2.07 bits per heavy atom. The Morgan fingerprint density at radius 3 is 2.73 bits per heavy atom. The fraction of sp³-hybridized carbons (Fsp3) is 1.00. The lowest BCUT2D eigenvalue weighted by molar-refractivity contribution is 0.145. The van der Waals surface area contributed by atoms with Gasteiger partial charge >= 0.3 is 0 Å². The van der Waals surface area contributed by atoms with Crippen molar-refractivity contribution in [1.82, 2.24) is 5.32 Å².